The van der Waals surface area contributed by atoms with Crippen LogP contribution in [0.1, 0.15) is 86.6 Å². The maximum atomic E-state index is 13.5. The summed E-state index contributed by atoms with van der Waals surface area (Å²) in [6, 6.07) is 4.32. The quantitative estimate of drug-likeness (QED) is 0.160. The lowest BCUT2D eigenvalue weighted by Crippen LogP contribution is -2.58. The standard InChI is InChI=1S/C32H50N4O9/c1-9-20(4)26(36-31(43)44-18-22-13-11-10-12-14-22)29(40)34-23(15-16-25(37)45-32(6,7)8)28(39)33-21(5)27(38)35-24(30(41)42)17-19(2)3/h10-14,19-21,23-24,26H,9,15-18H2,1-8H3,(H,33,39)(H,34,40)(H,35,38)(H,36,43)(H,41,42)/t20-,21-,23-,24-,26-/m0/s1. The molecule has 4 amide bonds. The summed E-state index contributed by atoms with van der Waals surface area (Å²) in [6.45, 7) is 13.7. The third-order valence-corrected chi connectivity index (χ3v) is 6.75. The van der Waals surface area contributed by atoms with Gasteiger partial charge in [-0.05, 0) is 57.9 Å². The Kier molecular flexibility index (Phi) is 16.1. The summed E-state index contributed by atoms with van der Waals surface area (Å²) in [7, 11) is 0. The summed E-state index contributed by atoms with van der Waals surface area (Å²) >= 11 is 0. The maximum Gasteiger partial charge on any atom is 0.408 e. The molecular formula is C32H50N4O9. The summed E-state index contributed by atoms with van der Waals surface area (Å²) in [6.07, 6.45) is -0.532. The first-order valence-electron chi connectivity index (χ1n) is 15.3. The molecule has 0 bridgehead atoms. The van der Waals surface area contributed by atoms with E-state index in [4.69, 9.17) is 9.47 Å². The SMILES string of the molecule is CC[C@H](C)[C@H](NC(=O)OCc1ccccc1)C(=O)N[C@@H](CCC(=O)OC(C)(C)C)C(=O)N[C@@H](C)C(=O)N[C@@H](CC(C)C)C(=O)O. The van der Waals surface area contributed by atoms with Gasteiger partial charge >= 0.3 is 18.0 Å². The molecule has 1 rings (SSSR count). The molecular weight excluding hydrogens is 584 g/mol. The van der Waals surface area contributed by atoms with Gasteiger partial charge in [0.15, 0.2) is 0 Å². The number of benzene rings is 1. The molecule has 0 fully saturated rings. The molecule has 0 aromatic heterocycles. The first kappa shape index (κ1) is 38.9. The summed E-state index contributed by atoms with van der Waals surface area (Å²) in [5.74, 6) is -4.36. The number of hydrogen-bond acceptors (Lipinski definition) is 8. The van der Waals surface area contributed by atoms with Crippen LogP contribution in [-0.4, -0.2) is 70.6 Å². The Hall–Kier alpha value is -4.16. The number of amides is 4. The van der Waals surface area contributed by atoms with Crippen molar-refractivity contribution in [1.29, 1.82) is 0 Å². The average Bonchev–Trinajstić information content (AvgIpc) is 2.95. The van der Waals surface area contributed by atoms with Crippen LogP contribution in [0, 0.1) is 11.8 Å². The Morgan fingerprint density at radius 3 is 1.96 bits per heavy atom. The van der Waals surface area contributed by atoms with Crippen LogP contribution in [0.5, 0.6) is 0 Å². The van der Waals surface area contributed by atoms with Crippen molar-refractivity contribution in [3.63, 3.8) is 0 Å². The van der Waals surface area contributed by atoms with Crippen molar-refractivity contribution in [1.82, 2.24) is 21.3 Å². The number of carbonyl (C=O) groups excluding carboxylic acids is 5. The highest BCUT2D eigenvalue weighted by atomic mass is 16.6. The minimum atomic E-state index is -1.29. The molecule has 13 heteroatoms. The molecule has 13 nitrogen and oxygen atoms in total. The number of rotatable bonds is 17. The van der Waals surface area contributed by atoms with Gasteiger partial charge in [-0.2, -0.15) is 0 Å². The zero-order chi connectivity index (χ0) is 34.3. The predicted molar refractivity (Wildman–Crippen MR) is 167 cm³/mol. The Bertz CT molecular complexity index is 1150. The fourth-order valence-electron chi connectivity index (χ4n) is 4.15. The van der Waals surface area contributed by atoms with Crippen molar-refractivity contribution in [2.24, 2.45) is 11.8 Å². The molecule has 0 spiro atoms. The number of carbonyl (C=O) groups is 6. The molecule has 0 aliphatic heterocycles. The van der Waals surface area contributed by atoms with Crippen LogP contribution >= 0.6 is 0 Å². The topological polar surface area (TPSA) is 189 Å². The second-order valence-corrected chi connectivity index (χ2v) is 12.5. The average molecular weight is 635 g/mol. The smallest absolute Gasteiger partial charge is 0.408 e. The third kappa shape index (κ3) is 15.4. The van der Waals surface area contributed by atoms with E-state index in [9.17, 15) is 33.9 Å². The summed E-state index contributed by atoms with van der Waals surface area (Å²) in [5.41, 5.74) is -0.0133. The minimum absolute atomic E-state index is 0.00793. The Labute approximate surface area is 265 Å². The number of esters is 1. The zero-order valence-electron chi connectivity index (χ0n) is 27.6. The van der Waals surface area contributed by atoms with Gasteiger partial charge in [0.25, 0.3) is 0 Å². The van der Waals surface area contributed by atoms with E-state index in [2.05, 4.69) is 21.3 Å². The molecule has 0 aliphatic rings. The summed E-state index contributed by atoms with van der Waals surface area (Å²) < 4.78 is 10.6. The monoisotopic (exact) mass is 634 g/mol. The number of alkyl carbamates (subject to hydrolysis) is 1. The molecule has 0 unspecified atom stereocenters. The molecule has 5 atom stereocenters. The van der Waals surface area contributed by atoms with Crippen molar-refractivity contribution < 1.29 is 43.3 Å². The van der Waals surface area contributed by atoms with Gasteiger partial charge in [0, 0.05) is 6.42 Å². The van der Waals surface area contributed by atoms with Crippen LogP contribution in [0.15, 0.2) is 30.3 Å². The van der Waals surface area contributed by atoms with E-state index in [0.29, 0.717) is 6.42 Å². The van der Waals surface area contributed by atoms with Crippen molar-refractivity contribution >= 4 is 35.8 Å². The van der Waals surface area contributed by atoms with Crippen molar-refractivity contribution in [3.8, 4) is 0 Å². The molecule has 0 aliphatic carbocycles. The molecule has 0 saturated carbocycles. The molecule has 45 heavy (non-hydrogen) atoms. The first-order chi connectivity index (χ1) is 20.9. The molecule has 0 saturated heterocycles. The molecule has 0 radical (unpaired) electrons. The van der Waals surface area contributed by atoms with Crippen LogP contribution in [0.25, 0.3) is 0 Å². The van der Waals surface area contributed by atoms with Gasteiger partial charge in [0.1, 0.15) is 36.4 Å². The number of ether oxygens (including phenoxy) is 2. The second kappa shape index (κ2) is 18.6. The first-order valence-corrected chi connectivity index (χ1v) is 15.3. The number of carboxylic acids is 1. The Balaban J connectivity index is 3.07. The third-order valence-electron chi connectivity index (χ3n) is 6.75. The van der Waals surface area contributed by atoms with Gasteiger partial charge in [-0.1, -0.05) is 64.4 Å². The van der Waals surface area contributed by atoms with Crippen LogP contribution in [-0.2, 0) is 40.1 Å². The van der Waals surface area contributed by atoms with Gasteiger partial charge < -0.3 is 35.8 Å². The molecule has 1 aromatic carbocycles. The Morgan fingerprint density at radius 1 is 0.822 bits per heavy atom. The van der Waals surface area contributed by atoms with Crippen LogP contribution in [0.3, 0.4) is 0 Å². The normalized spacial score (nSPS) is 14.6. The van der Waals surface area contributed by atoms with E-state index in [1.165, 1.54) is 6.92 Å². The lowest BCUT2D eigenvalue weighted by molar-refractivity contribution is -0.155. The van der Waals surface area contributed by atoms with Gasteiger partial charge in [0.2, 0.25) is 17.7 Å². The summed E-state index contributed by atoms with van der Waals surface area (Å²) in [4.78, 5) is 76.2. The highest BCUT2D eigenvalue weighted by Crippen LogP contribution is 2.13. The van der Waals surface area contributed by atoms with E-state index in [1.807, 2.05) is 26.8 Å². The Morgan fingerprint density at radius 2 is 1.42 bits per heavy atom. The van der Waals surface area contributed by atoms with Gasteiger partial charge in [-0.25, -0.2) is 9.59 Å². The van der Waals surface area contributed by atoms with Gasteiger partial charge in [0.05, 0.1) is 0 Å². The zero-order valence-corrected chi connectivity index (χ0v) is 27.6. The molecule has 1 aromatic rings. The number of carboxylic acid groups (broad SMARTS) is 1. The van der Waals surface area contributed by atoms with Gasteiger partial charge in [-0.3, -0.25) is 19.2 Å². The number of aliphatic carboxylic acids is 1. The van der Waals surface area contributed by atoms with E-state index in [0.717, 1.165) is 5.56 Å². The van der Waals surface area contributed by atoms with E-state index in [1.54, 1.807) is 52.0 Å². The van der Waals surface area contributed by atoms with Crippen molar-refractivity contribution in [2.45, 2.75) is 117 Å². The predicted octanol–water partition coefficient (Wildman–Crippen LogP) is 3.05. The van der Waals surface area contributed by atoms with E-state index < -0.39 is 65.5 Å². The summed E-state index contributed by atoms with van der Waals surface area (Å²) in [5, 5.41) is 19.5. The molecule has 0 heterocycles. The number of nitrogens with one attached hydrogen (secondary N) is 4. The van der Waals surface area contributed by atoms with Crippen molar-refractivity contribution in [3.05, 3.63) is 35.9 Å². The van der Waals surface area contributed by atoms with E-state index in [-0.39, 0.29) is 37.7 Å². The van der Waals surface area contributed by atoms with Crippen molar-refractivity contribution in [2.75, 3.05) is 0 Å². The van der Waals surface area contributed by atoms with Crippen LogP contribution in [0.2, 0.25) is 0 Å². The lowest BCUT2D eigenvalue weighted by Gasteiger charge is -2.27. The number of hydrogen-bond donors (Lipinski definition) is 5. The van der Waals surface area contributed by atoms with Crippen LogP contribution in [0.4, 0.5) is 4.79 Å². The fourth-order valence-corrected chi connectivity index (χ4v) is 4.15. The van der Waals surface area contributed by atoms with Crippen LogP contribution < -0.4 is 21.3 Å². The van der Waals surface area contributed by atoms with E-state index >= 15 is 0 Å². The highest BCUT2D eigenvalue weighted by molar-refractivity contribution is 5.94. The largest absolute Gasteiger partial charge is 0.480 e. The lowest BCUT2D eigenvalue weighted by atomic mass is 9.97. The fraction of sp³-hybridized carbons (Fsp3) is 0.625. The minimum Gasteiger partial charge on any atom is -0.480 e. The molecule has 252 valence electrons. The highest BCUT2D eigenvalue weighted by Gasteiger charge is 2.32. The van der Waals surface area contributed by atoms with Gasteiger partial charge in [-0.15, -0.1) is 0 Å². The maximum absolute atomic E-state index is 13.5. The molecule has 5 N–H and O–H groups in total. The second-order valence-electron chi connectivity index (χ2n) is 12.5.